The SMILES string of the molecule is COC(=O)c1cc(OC)c(OC)cc1NC(=O)c1nn(C)c2ccc(C)cc2c1=O. The number of benzene rings is 2. The molecule has 0 aliphatic heterocycles. The molecule has 1 N–H and O–H groups in total. The lowest BCUT2D eigenvalue weighted by molar-refractivity contribution is 0.0601. The zero-order valence-electron chi connectivity index (χ0n) is 17.2. The van der Waals surface area contributed by atoms with Gasteiger partial charge in [-0.2, -0.15) is 5.10 Å². The fourth-order valence-corrected chi connectivity index (χ4v) is 3.08. The van der Waals surface area contributed by atoms with Crippen molar-refractivity contribution in [1.82, 2.24) is 9.78 Å². The molecule has 1 amide bonds. The Morgan fingerprint density at radius 3 is 2.33 bits per heavy atom. The lowest BCUT2D eigenvalue weighted by atomic mass is 10.1. The summed E-state index contributed by atoms with van der Waals surface area (Å²) >= 11 is 0. The molecule has 3 rings (SSSR count). The first kappa shape index (κ1) is 20.8. The summed E-state index contributed by atoms with van der Waals surface area (Å²) in [5.41, 5.74) is 0.800. The van der Waals surface area contributed by atoms with Gasteiger partial charge in [0.2, 0.25) is 5.43 Å². The maximum atomic E-state index is 12.9. The van der Waals surface area contributed by atoms with E-state index in [1.807, 2.05) is 13.0 Å². The third-order valence-corrected chi connectivity index (χ3v) is 4.60. The fraction of sp³-hybridized carbons (Fsp3) is 0.238. The van der Waals surface area contributed by atoms with Crippen molar-refractivity contribution in [3.8, 4) is 11.5 Å². The topological polar surface area (TPSA) is 109 Å². The number of esters is 1. The van der Waals surface area contributed by atoms with Gasteiger partial charge in [0, 0.05) is 19.2 Å². The van der Waals surface area contributed by atoms with Gasteiger partial charge in [0.05, 0.1) is 43.5 Å². The predicted octanol–water partition coefficient (Wildman–Crippen LogP) is 2.30. The van der Waals surface area contributed by atoms with Crippen molar-refractivity contribution in [3.63, 3.8) is 0 Å². The smallest absolute Gasteiger partial charge is 0.340 e. The van der Waals surface area contributed by atoms with Gasteiger partial charge in [-0.3, -0.25) is 14.3 Å². The molecule has 0 aliphatic carbocycles. The van der Waals surface area contributed by atoms with Crippen LogP contribution in [0.4, 0.5) is 5.69 Å². The maximum Gasteiger partial charge on any atom is 0.340 e. The summed E-state index contributed by atoms with van der Waals surface area (Å²) in [4.78, 5) is 38.0. The van der Waals surface area contributed by atoms with Crippen LogP contribution in [0.25, 0.3) is 10.9 Å². The van der Waals surface area contributed by atoms with Crippen LogP contribution in [0.5, 0.6) is 11.5 Å². The first-order chi connectivity index (χ1) is 14.3. The van der Waals surface area contributed by atoms with E-state index in [1.54, 1.807) is 19.2 Å². The molecule has 9 nitrogen and oxygen atoms in total. The maximum absolute atomic E-state index is 12.9. The Bertz CT molecular complexity index is 1220. The molecule has 1 heterocycles. The second-order valence-electron chi connectivity index (χ2n) is 6.52. The average Bonchev–Trinajstić information content (AvgIpc) is 2.75. The summed E-state index contributed by atoms with van der Waals surface area (Å²) in [5, 5.41) is 7.06. The number of rotatable bonds is 5. The molecule has 0 radical (unpaired) electrons. The number of nitrogens with one attached hydrogen (secondary N) is 1. The van der Waals surface area contributed by atoms with Crippen molar-refractivity contribution in [2.45, 2.75) is 6.92 Å². The van der Waals surface area contributed by atoms with Crippen LogP contribution in [0, 0.1) is 6.92 Å². The monoisotopic (exact) mass is 411 g/mol. The summed E-state index contributed by atoms with van der Waals surface area (Å²) in [5.74, 6) is -0.890. The van der Waals surface area contributed by atoms with E-state index in [9.17, 15) is 14.4 Å². The number of anilines is 1. The third-order valence-electron chi connectivity index (χ3n) is 4.60. The fourth-order valence-electron chi connectivity index (χ4n) is 3.08. The first-order valence-corrected chi connectivity index (χ1v) is 8.94. The number of nitrogens with zero attached hydrogens (tertiary/aromatic N) is 2. The molecule has 156 valence electrons. The Kier molecular flexibility index (Phi) is 5.72. The van der Waals surface area contributed by atoms with Crippen LogP contribution >= 0.6 is 0 Å². The van der Waals surface area contributed by atoms with Crippen LogP contribution in [-0.4, -0.2) is 43.0 Å². The molecule has 0 spiro atoms. The normalized spacial score (nSPS) is 10.6. The molecular formula is C21H21N3O6. The van der Waals surface area contributed by atoms with Crippen molar-refractivity contribution in [1.29, 1.82) is 0 Å². The van der Waals surface area contributed by atoms with Crippen LogP contribution < -0.4 is 20.2 Å². The largest absolute Gasteiger partial charge is 0.493 e. The molecule has 2 aromatic carbocycles. The number of carbonyl (C=O) groups excluding carboxylic acids is 2. The molecule has 9 heteroatoms. The molecule has 0 saturated carbocycles. The first-order valence-electron chi connectivity index (χ1n) is 8.94. The number of methoxy groups -OCH3 is 3. The van der Waals surface area contributed by atoms with Gasteiger partial charge in [0.1, 0.15) is 0 Å². The van der Waals surface area contributed by atoms with Gasteiger partial charge in [-0.1, -0.05) is 11.6 Å². The number of ether oxygens (including phenoxy) is 3. The zero-order valence-corrected chi connectivity index (χ0v) is 17.2. The van der Waals surface area contributed by atoms with E-state index < -0.39 is 17.3 Å². The number of fused-ring (bicyclic) bond motifs is 1. The molecule has 0 aliphatic rings. The van der Waals surface area contributed by atoms with E-state index in [4.69, 9.17) is 14.2 Å². The highest BCUT2D eigenvalue weighted by molar-refractivity contribution is 6.08. The Hall–Kier alpha value is -3.88. The summed E-state index contributed by atoms with van der Waals surface area (Å²) in [6.07, 6.45) is 0. The van der Waals surface area contributed by atoms with Gasteiger partial charge < -0.3 is 19.5 Å². The van der Waals surface area contributed by atoms with E-state index >= 15 is 0 Å². The van der Waals surface area contributed by atoms with Crippen molar-refractivity contribution in [3.05, 3.63) is 57.4 Å². The highest BCUT2D eigenvalue weighted by Gasteiger charge is 2.22. The van der Waals surface area contributed by atoms with Gasteiger partial charge in [0.15, 0.2) is 17.2 Å². The van der Waals surface area contributed by atoms with Gasteiger partial charge in [-0.15, -0.1) is 0 Å². The molecule has 1 aromatic heterocycles. The van der Waals surface area contributed by atoms with Gasteiger partial charge in [-0.05, 0) is 19.1 Å². The van der Waals surface area contributed by atoms with Crippen LogP contribution in [0.1, 0.15) is 26.4 Å². The van der Waals surface area contributed by atoms with Crippen LogP contribution in [0.2, 0.25) is 0 Å². The molecule has 0 unspecified atom stereocenters. The second-order valence-corrected chi connectivity index (χ2v) is 6.52. The molecular weight excluding hydrogens is 390 g/mol. The quantitative estimate of drug-likeness (QED) is 0.642. The Labute approximate surface area is 172 Å². The molecule has 0 atom stereocenters. The molecule has 30 heavy (non-hydrogen) atoms. The van der Waals surface area contributed by atoms with Crippen molar-refractivity contribution >= 4 is 28.5 Å². The minimum Gasteiger partial charge on any atom is -0.493 e. The molecule has 3 aromatic rings. The summed E-state index contributed by atoms with van der Waals surface area (Å²) in [7, 11) is 5.70. The van der Waals surface area contributed by atoms with E-state index in [0.717, 1.165) is 5.56 Å². The number of carbonyl (C=O) groups is 2. The summed E-state index contributed by atoms with van der Waals surface area (Å²) in [6, 6.07) is 8.13. The Morgan fingerprint density at radius 2 is 1.70 bits per heavy atom. The van der Waals surface area contributed by atoms with Gasteiger partial charge >= 0.3 is 5.97 Å². The number of hydrogen-bond donors (Lipinski definition) is 1. The highest BCUT2D eigenvalue weighted by Crippen LogP contribution is 2.34. The lowest BCUT2D eigenvalue weighted by Gasteiger charge is -2.15. The minimum atomic E-state index is -0.767. The Morgan fingerprint density at radius 1 is 1.03 bits per heavy atom. The van der Waals surface area contributed by atoms with Crippen molar-refractivity contribution in [2.24, 2.45) is 7.05 Å². The lowest BCUT2D eigenvalue weighted by Crippen LogP contribution is -2.27. The number of amides is 1. The standard InChI is InChI=1S/C21H21N3O6/c1-11-6-7-15-13(8-11)19(25)18(23-24(15)2)20(26)22-14-10-17(29-4)16(28-3)9-12(14)21(27)30-5/h6-10H,1-5H3,(H,22,26). The predicted molar refractivity (Wildman–Crippen MR) is 111 cm³/mol. The number of aryl methyl sites for hydroxylation is 2. The van der Waals surface area contributed by atoms with Crippen LogP contribution in [-0.2, 0) is 11.8 Å². The number of aromatic nitrogens is 2. The van der Waals surface area contributed by atoms with Gasteiger partial charge in [0.25, 0.3) is 5.91 Å². The van der Waals surface area contributed by atoms with Crippen LogP contribution in [0.3, 0.4) is 0 Å². The average molecular weight is 411 g/mol. The van der Waals surface area contributed by atoms with Crippen molar-refractivity contribution in [2.75, 3.05) is 26.6 Å². The second kappa shape index (κ2) is 8.24. The molecule has 0 bridgehead atoms. The van der Waals surface area contributed by atoms with Crippen LogP contribution in [0.15, 0.2) is 35.1 Å². The zero-order chi connectivity index (χ0) is 22.0. The van der Waals surface area contributed by atoms with E-state index in [0.29, 0.717) is 10.9 Å². The third kappa shape index (κ3) is 3.69. The number of hydrogen-bond acceptors (Lipinski definition) is 7. The van der Waals surface area contributed by atoms with Gasteiger partial charge in [-0.25, -0.2) is 4.79 Å². The highest BCUT2D eigenvalue weighted by atomic mass is 16.5. The van der Waals surface area contributed by atoms with Crippen molar-refractivity contribution < 1.29 is 23.8 Å². The summed E-state index contributed by atoms with van der Waals surface area (Å²) in [6.45, 7) is 1.85. The molecule has 0 saturated heterocycles. The Balaban J connectivity index is 2.11. The molecule has 0 fully saturated rings. The minimum absolute atomic E-state index is 0.0388. The summed E-state index contributed by atoms with van der Waals surface area (Å²) < 4.78 is 16.7. The van der Waals surface area contributed by atoms with E-state index in [-0.39, 0.29) is 28.4 Å². The van der Waals surface area contributed by atoms with E-state index in [2.05, 4.69) is 10.4 Å². The van der Waals surface area contributed by atoms with E-state index in [1.165, 1.54) is 38.1 Å².